The Morgan fingerprint density at radius 1 is 1.24 bits per heavy atom. The van der Waals surface area contributed by atoms with Gasteiger partial charge in [-0.1, -0.05) is 25.1 Å². The van der Waals surface area contributed by atoms with Crippen LogP contribution in [0.25, 0.3) is 0 Å². The minimum absolute atomic E-state index is 0.0472. The summed E-state index contributed by atoms with van der Waals surface area (Å²) >= 11 is 0. The second-order valence-corrected chi connectivity index (χ2v) is 4.57. The molecule has 1 aromatic carbocycles. The molecule has 0 aliphatic carbocycles. The number of ketones is 1. The van der Waals surface area contributed by atoms with Crippen molar-refractivity contribution in [1.29, 1.82) is 0 Å². The monoisotopic (exact) mass is 231 g/mol. The first kappa shape index (κ1) is 13.6. The van der Waals surface area contributed by atoms with Crippen LogP contribution >= 0.6 is 0 Å². The summed E-state index contributed by atoms with van der Waals surface area (Å²) in [6.45, 7) is 9.71. The van der Waals surface area contributed by atoms with Gasteiger partial charge in [-0.05, 0) is 45.2 Å². The van der Waals surface area contributed by atoms with Crippen LogP contribution in [0.5, 0.6) is 0 Å². The van der Waals surface area contributed by atoms with Gasteiger partial charge in [0.1, 0.15) is 5.78 Å². The maximum Gasteiger partial charge on any atom is 0.138 e. The fourth-order valence-corrected chi connectivity index (χ4v) is 2.11. The van der Waals surface area contributed by atoms with E-state index < -0.39 is 0 Å². The van der Waals surface area contributed by atoms with Crippen molar-refractivity contribution in [2.75, 3.05) is 0 Å². The first-order valence-corrected chi connectivity index (χ1v) is 6.09. The van der Waals surface area contributed by atoms with Crippen LogP contribution in [0.3, 0.4) is 0 Å². The van der Waals surface area contributed by atoms with Gasteiger partial charge in [0.05, 0.1) is 11.6 Å². The molecular formula is C15H21NO. The minimum Gasteiger partial charge on any atom is -0.299 e. The van der Waals surface area contributed by atoms with E-state index in [1.54, 1.807) is 6.92 Å². The smallest absolute Gasteiger partial charge is 0.138 e. The Kier molecular flexibility index (Phi) is 4.62. The Bertz CT molecular complexity index is 426. The van der Waals surface area contributed by atoms with Crippen LogP contribution in [0, 0.1) is 19.8 Å². The molecule has 92 valence electrons. The summed E-state index contributed by atoms with van der Waals surface area (Å²) in [6.07, 6.45) is 0.815. The molecule has 0 N–H and O–H groups in total. The summed E-state index contributed by atoms with van der Waals surface area (Å²) in [5.74, 6) is 0.147. The summed E-state index contributed by atoms with van der Waals surface area (Å²) in [5, 5.41) is 0. The highest BCUT2D eigenvalue weighted by molar-refractivity contribution is 6.04. The van der Waals surface area contributed by atoms with Gasteiger partial charge in [0.25, 0.3) is 0 Å². The summed E-state index contributed by atoms with van der Waals surface area (Å²) in [6, 6.07) is 6.13. The van der Waals surface area contributed by atoms with Crippen LogP contribution in [-0.2, 0) is 4.79 Å². The number of aliphatic imine (C=N–C) groups is 1. The molecule has 0 saturated heterocycles. The van der Waals surface area contributed by atoms with Gasteiger partial charge in [0.15, 0.2) is 0 Å². The number of para-hydroxylation sites is 1. The van der Waals surface area contributed by atoms with Crippen LogP contribution in [0.15, 0.2) is 23.2 Å². The zero-order valence-corrected chi connectivity index (χ0v) is 11.4. The predicted octanol–water partition coefficient (Wildman–Crippen LogP) is 4.01. The van der Waals surface area contributed by atoms with Crippen LogP contribution in [0.4, 0.5) is 5.69 Å². The molecule has 0 fully saturated rings. The molecule has 2 nitrogen and oxygen atoms in total. The van der Waals surface area contributed by atoms with E-state index in [9.17, 15) is 4.79 Å². The number of hydrogen-bond acceptors (Lipinski definition) is 2. The highest BCUT2D eigenvalue weighted by Gasteiger charge is 2.15. The number of rotatable bonds is 4. The molecular weight excluding hydrogens is 210 g/mol. The number of hydrogen-bond donors (Lipinski definition) is 0. The van der Waals surface area contributed by atoms with Crippen molar-refractivity contribution < 1.29 is 4.79 Å². The van der Waals surface area contributed by atoms with E-state index >= 15 is 0 Å². The lowest BCUT2D eigenvalue weighted by Gasteiger charge is -2.12. The van der Waals surface area contributed by atoms with Gasteiger partial charge in [-0.2, -0.15) is 0 Å². The molecule has 0 aliphatic heterocycles. The number of benzene rings is 1. The molecule has 17 heavy (non-hydrogen) atoms. The van der Waals surface area contributed by atoms with Crippen molar-refractivity contribution in [3.05, 3.63) is 29.3 Å². The fraction of sp³-hybridized carbons (Fsp3) is 0.467. The van der Waals surface area contributed by atoms with E-state index in [0.29, 0.717) is 0 Å². The largest absolute Gasteiger partial charge is 0.299 e. The maximum absolute atomic E-state index is 11.5. The lowest BCUT2D eigenvalue weighted by molar-refractivity contribution is -0.118. The van der Waals surface area contributed by atoms with Crippen molar-refractivity contribution in [1.82, 2.24) is 0 Å². The third kappa shape index (κ3) is 3.26. The Morgan fingerprint density at radius 2 is 1.76 bits per heavy atom. The standard InChI is InChI=1S/C15H21NO/c1-6-14(13(5)17)12(4)16-15-10(2)8-7-9-11(15)3/h7-9,14H,6H2,1-5H3/b16-12+. The molecule has 0 spiro atoms. The Balaban J connectivity index is 3.14. The average Bonchev–Trinajstić information content (AvgIpc) is 2.24. The number of carbonyl (C=O) groups is 1. The van der Waals surface area contributed by atoms with Crippen molar-refractivity contribution in [3.8, 4) is 0 Å². The van der Waals surface area contributed by atoms with Gasteiger partial charge in [-0.15, -0.1) is 0 Å². The Labute approximate surface area is 104 Å². The molecule has 0 amide bonds. The minimum atomic E-state index is -0.0472. The fourth-order valence-electron chi connectivity index (χ4n) is 2.11. The van der Waals surface area contributed by atoms with Gasteiger partial charge in [-0.25, -0.2) is 0 Å². The SMILES string of the molecule is CCC(C(C)=O)/C(C)=N/c1c(C)cccc1C. The van der Waals surface area contributed by atoms with Crippen molar-refractivity contribution in [2.45, 2.75) is 41.0 Å². The second-order valence-electron chi connectivity index (χ2n) is 4.57. The molecule has 0 radical (unpaired) electrons. The molecule has 1 rings (SSSR count). The Morgan fingerprint density at radius 3 is 2.18 bits per heavy atom. The molecule has 1 atom stereocenters. The lowest BCUT2D eigenvalue weighted by Crippen LogP contribution is -2.18. The van der Waals surface area contributed by atoms with Crippen LogP contribution in [0.2, 0.25) is 0 Å². The zero-order chi connectivity index (χ0) is 13.0. The van der Waals surface area contributed by atoms with Crippen LogP contribution in [-0.4, -0.2) is 11.5 Å². The van der Waals surface area contributed by atoms with Gasteiger partial charge in [-0.3, -0.25) is 9.79 Å². The van der Waals surface area contributed by atoms with E-state index in [2.05, 4.69) is 4.99 Å². The zero-order valence-electron chi connectivity index (χ0n) is 11.4. The van der Waals surface area contributed by atoms with E-state index in [1.165, 1.54) is 0 Å². The average molecular weight is 231 g/mol. The van der Waals surface area contributed by atoms with E-state index in [-0.39, 0.29) is 11.7 Å². The molecule has 0 bridgehead atoms. The van der Waals surface area contributed by atoms with Gasteiger partial charge < -0.3 is 0 Å². The molecule has 1 aromatic rings. The van der Waals surface area contributed by atoms with E-state index in [0.717, 1.165) is 28.9 Å². The van der Waals surface area contributed by atoms with Crippen molar-refractivity contribution >= 4 is 17.2 Å². The number of aryl methyl sites for hydroxylation is 2. The quantitative estimate of drug-likeness (QED) is 0.720. The molecule has 0 saturated carbocycles. The van der Waals surface area contributed by atoms with Gasteiger partial charge >= 0.3 is 0 Å². The first-order chi connectivity index (χ1) is 7.97. The van der Waals surface area contributed by atoms with Crippen LogP contribution < -0.4 is 0 Å². The highest BCUT2D eigenvalue weighted by atomic mass is 16.1. The summed E-state index contributed by atoms with van der Waals surface area (Å²) in [5.41, 5.74) is 4.23. The summed E-state index contributed by atoms with van der Waals surface area (Å²) in [4.78, 5) is 16.1. The topological polar surface area (TPSA) is 29.4 Å². The maximum atomic E-state index is 11.5. The number of carbonyl (C=O) groups excluding carboxylic acids is 1. The van der Waals surface area contributed by atoms with Crippen molar-refractivity contribution in [2.24, 2.45) is 10.9 Å². The molecule has 0 heterocycles. The number of Topliss-reactive ketones (excluding diaryl/α,β-unsaturated/α-hetero) is 1. The first-order valence-electron chi connectivity index (χ1n) is 6.09. The Hall–Kier alpha value is -1.44. The summed E-state index contributed by atoms with van der Waals surface area (Å²) in [7, 11) is 0. The lowest BCUT2D eigenvalue weighted by atomic mass is 9.97. The molecule has 0 aromatic heterocycles. The third-order valence-electron chi connectivity index (χ3n) is 3.13. The molecule has 1 unspecified atom stereocenters. The normalized spacial score (nSPS) is 13.6. The van der Waals surface area contributed by atoms with Crippen LogP contribution in [0.1, 0.15) is 38.3 Å². The van der Waals surface area contributed by atoms with E-state index in [4.69, 9.17) is 0 Å². The molecule has 0 aliphatic rings. The summed E-state index contributed by atoms with van der Waals surface area (Å²) < 4.78 is 0. The van der Waals surface area contributed by atoms with Gasteiger partial charge in [0, 0.05) is 5.71 Å². The molecule has 2 heteroatoms. The number of nitrogens with zero attached hydrogens (tertiary/aromatic N) is 1. The van der Waals surface area contributed by atoms with E-state index in [1.807, 2.05) is 45.9 Å². The third-order valence-corrected chi connectivity index (χ3v) is 3.13. The van der Waals surface area contributed by atoms with Crippen molar-refractivity contribution in [3.63, 3.8) is 0 Å². The second kappa shape index (κ2) is 5.76. The van der Waals surface area contributed by atoms with Gasteiger partial charge in [0.2, 0.25) is 0 Å². The predicted molar refractivity (Wildman–Crippen MR) is 73.1 cm³/mol. The highest BCUT2D eigenvalue weighted by Crippen LogP contribution is 2.24.